The van der Waals surface area contributed by atoms with Crippen molar-refractivity contribution < 1.29 is 9.53 Å². The molecule has 2 rings (SSSR count). The van der Waals surface area contributed by atoms with E-state index in [1.54, 1.807) is 18.4 Å². The smallest absolute Gasteiger partial charge is 0.236 e. The summed E-state index contributed by atoms with van der Waals surface area (Å²) in [7, 11) is 3.77. The van der Waals surface area contributed by atoms with E-state index in [2.05, 4.69) is 28.7 Å². The maximum absolute atomic E-state index is 12.2. The highest BCUT2D eigenvalue weighted by Gasteiger charge is 2.20. The van der Waals surface area contributed by atoms with E-state index in [1.165, 1.54) is 10.4 Å². The minimum Gasteiger partial charge on any atom is -0.383 e. The number of methoxy groups -OCH3 is 1. The van der Waals surface area contributed by atoms with E-state index in [-0.39, 0.29) is 5.91 Å². The summed E-state index contributed by atoms with van der Waals surface area (Å²) in [4.78, 5) is 17.8. The van der Waals surface area contributed by atoms with Gasteiger partial charge in [-0.05, 0) is 30.5 Å². The van der Waals surface area contributed by atoms with Crippen molar-refractivity contribution in [2.24, 2.45) is 0 Å². The molecule has 1 aromatic heterocycles. The zero-order valence-electron chi connectivity index (χ0n) is 12.9. The zero-order chi connectivity index (χ0) is 15.1. The molecule has 0 spiro atoms. The lowest BCUT2D eigenvalue weighted by Gasteiger charge is -2.27. The Balaban J connectivity index is 1.62. The van der Waals surface area contributed by atoms with E-state index in [1.807, 2.05) is 4.90 Å². The first-order chi connectivity index (χ1) is 10.2. The molecule has 1 aliphatic heterocycles. The molecular formula is C15H25N3O2S. The quantitative estimate of drug-likeness (QED) is 0.722. The molecule has 1 aromatic rings. The maximum atomic E-state index is 12.2. The van der Waals surface area contributed by atoms with Crippen LogP contribution in [0.2, 0.25) is 0 Å². The van der Waals surface area contributed by atoms with E-state index in [0.29, 0.717) is 6.54 Å². The molecule has 0 aliphatic carbocycles. The van der Waals surface area contributed by atoms with Crippen molar-refractivity contribution in [3.63, 3.8) is 0 Å². The molecule has 0 bridgehead atoms. The average molecular weight is 311 g/mol. The fraction of sp³-hybridized carbons (Fsp3) is 0.667. The number of carbonyl (C=O) groups is 1. The van der Waals surface area contributed by atoms with Gasteiger partial charge in [0.15, 0.2) is 0 Å². The Morgan fingerprint density at radius 2 is 2.38 bits per heavy atom. The monoisotopic (exact) mass is 311 g/mol. The lowest BCUT2D eigenvalue weighted by atomic mass is 10.1. The molecule has 2 heterocycles. The number of carbonyl (C=O) groups excluding carboxylic acids is 1. The molecule has 1 aliphatic rings. The van der Waals surface area contributed by atoms with E-state index in [4.69, 9.17) is 4.74 Å². The molecule has 5 nitrogen and oxygen atoms in total. The van der Waals surface area contributed by atoms with Crippen molar-refractivity contribution in [1.29, 1.82) is 0 Å². The number of hydrogen-bond acceptors (Lipinski definition) is 5. The van der Waals surface area contributed by atoms with Crippen LogP contribution in [-0.2, 0) is 22.5 Å². The van der Waals surface area contributed by atoms with E-state index < -0.39 is 0 Å². The number of fused-ring (bicyclic) bond motifs is 1. The second-order valence-electron chi connectivity index (χ2n) is 5.41. The van der Waals surface area contributed by atoms with Gasteiger partial charge < -0.3 is 19.9 Å². The van der Waals surface area contributed by atoms with Gasteiger partial charge in [-0.25, -0.2) is 0 Å². The molecule has 0 fully saturated rings. The second-order valence-corrected chi connectivity index (χ2v) is 6.41. The number of nitrogens with zero attached hydrogens (tertiary/aromatic N) is 2. The Labute approximate surface area is 130 Å². The normalized spacial score (nSPS) is 14.5. The third kappa shape index (κ3) is 5.07. The Hall–Kier alpha value is -0.950. The van der Waals surface area contributed by atoms with Crippen molar-refractivity contribution in [3.05, 3.63) is 21.9 Å². The molecule has 0 unspecified atom stereocenters. The molecule has 6 heteroatoms. The number of rotatable bonds is 8. The summed E-state index contributed by atoms with van der Waals surface area (Å²) in [5.74, 6) is 0.200. The van der Waals surface area contributed by atoms with Crippen molar-refractivity contribution in [3.8, 4) is 0 Å². The van der Waals surface area contributed by atoms with E-state index in [9.17, 15) is 4.79 Å². The minimum absolute atomic E-state index is 0.200. The van der Waals surface area contributed by atoms with Gasteiger partial charge in [0.2, 0.25) is 5.91 Å². The van der Waals surface area contributed by atoms with Crippen LogP contribution in [0, 0.1) is 0 Å². The first-order valence-electron chi connectivity index (χ1n) is 7.42. The molecule has 0 radical (unpaired) electrons. The standard InChI is InChI=1S/C15H25N3O2S/c1-17(8-9-20-2)7-5-16-11-15(19)18-6-3-14-13(12-18)4-10-21-14/h4,10,16H,3,5-9,11-12H2,1-2H3. The fourth-order valence-corrected chi connectivity index (χ4v) is 3.29. The van der Waals surface area contributed by atoms with Gasteiger partial charge in [0, 0.05) is 44.7 Å². The van der Waals surface area contributed by atoms with Crippen molar-refractivity contribution in [2.45, 2.75) is 13.0 Å². The molecule has 21 heavy (non-hydrogen) atoms. The Morgan fingerprint density at radius 3 is 3.19 bits per heavy atom. The van der Waals surface area contributed by atoms with Crippen molar-refractivity contribution in [2.75, 3.05) is 53.5 Å². The SMILES string of the molecule is COCCN(C)CCNCC(=O)N1CCc2sccc2C1. The molecule has 0 saturated carbocycles. The number of thiophene rings is 1. The molecule has 1 N–H and O–H groups in total. The first kappa shape index (κ1) is 16.4. The molecule has 0 saturated heterocycles. The summed E-state index contributed by atoms with van der Waals surface area (Å²) in [6.07, 6.45) is 0.999. The van der Waals surface area contributed by atoms with Crippen LogP contribution in [0.1, 0.15) is 10.4 Å². The summed E-state index contributed by atoms with van der Waals surface area (Å²) in [5.41, 5.74) is 1.32. The van der Waals surface area contributed by atoms with Crippen LogP contribution in [0.25, 0.3) is 0 Å². The number of hydrogen-bond donors (Lipinski definition) is 1. The summed E-state index contributed by atoms with van der Waals surface area (Å²) >= 11 is 1.80. The van der Waals surface area contributed by atoms with Crippen LogP contribution in [0.4, 0.5) is 0 Å². The van der Waals surface area contributed by atoms with Gasteiger partial charge in [0.25, 0.3) is 0 Å². The van der Waals surface area contributed by atoms with Gasteiger partial charge in [-0.15, -0.1) is 11.3 Å². The Bertz CT molecular complexity index is 450. The lowest BCUT2D eigenvalue weighted by Crippen LogP contribution is -2.42. The third-order valence-electron chi connectivity index (χ3n) is 3.78. The van der Waals surface area contributed by atoms with Gasteiger partial charge in [0.05, 0.1) is 13.2 Å². The van der Waals surface area contributed by atoms with Crippen molar-refractivity contribution in [1.82, 2.24) is 15.1 Å². The molecule has 0 aromatic carbocycles. The predicted molar refractivity (Wildman–Crippen MR) is 85.7 cm³/mol. The summed E-state index contributed by atoms with van der Waals surface area (Å²) in [6.45, 7) is 5.45. The van der Waals surface area contributed by atoms with Gasteiger partial charge in [-0.1, -0.05) is 0 Å². The van der Waals surface area contributed by atoms with Crippen molar-refractivity contribution >= 4 is 17.2 Å². The lowest BCUT2D eigenvalue weighted by molar-refractivity contribution is -0.131. The van der Waals surface area contributed by atoms with Crippen LogP contribution in [-0.4, -0.2) is 69.2 Å². The number of ether oxygens (including phenoxy) is 1. The van der Waals surface area contributed by atoms with Crippen LogP contribution in [0.5, 0.6) is 0 Å². The fourth-order valence-electron chi connectivity index (χ4n) is 2.40. The van der Waals surface area contributed by atoms with Gasteiger partial charge in [-0.2, -0.15) is 0 Å². The number of nitrogens with one attached hydrogen (secondary N) is 1. The molecule has 0 atom stereocenters. The van der Waals surface area contributed by atoms with Crippen LogP contribution in [0.15, 0.2) is 11.4 Å². The van der Waals surface area contributed by atoms with E-state index >= 15 is 0 Å². The highest BCUT2D eigenvalue weighted by atomic mass is 32.1. The summed E-state index contributed by atoms with van der Waals surface area (Å²) < 4.78 is 5.04. The van der Waals surface area contributed by atoms with Gasteiger partial charge >= 0.3 is 0 Å². The third-order valence-corrected chi connectivity index (χ3v) is 4.81. The maximum Gasteiger partial charge on any atom is 0.236 e. The predicted octanol–water partition coefficient (Wildman–Crippen LogP) is 0.801. The summed E-state index contributed by atoms with van der Waals surface area (Å²) in [6, 6.07) is 2.14. The largest absolute Gasteiger partial charge is 0.383 e. The number of amides is 1. The molecule has 118 valence electrons. The molecular weight excluding hydrogens is 286 g/mol. The topological polar surface area (TPSA) is 44.8 Å². The van der Waals surface area contributed by atoms with E-state index in [0.717, 1.165) is 45.8 Å². The highest BCUT2D eigenvalue weighted by molar-refractivity contribution is 7.10. The Kier molecular flexibility index (Phi) is 6.63. The minimum atomic E-state index is 0.200. The summed E-state index contributed by atoms with van der Waals surface area (Å²) in [5, 5.41) is 5.35. The first-order valence-corrected chi connectivity index (χ1v) is 8.30. The van der Waals surface area contributed by atoms with Crippen LogP contribution >= 0.6 is 11.3 Å². The van der Waals surface area contributed by atoms with Crippen LogP contribution < -0.4 is 5.32 Å². The molecule has 1 amide bonds. The highest BCUT2D eigenvalue weighted by Crippen LogP contribution is 2.23. The van der Waals surface area contributed by atoms with Gasteiger partial charge in [0.1, 0.15) is 0 Å². The average Bonchev–Trinajstić information content (AvgIpc) is 2.96. The number of likely N-dealkylation sites (N-methyl/N-ethyl adjacent to an activating group) is 1. The second kappa shape index (κ2) is 8.48. The zero-order valence-corrected chi connectivity index (χ0v) is 13.7. The Morgan fingerprint density at radius 1 is 1.52 bits per heavy atom. The van der Waals surface area contributed by atoms with Crippen LogP contribution in [0.3, 0.4) is 0 Å². The van der Waals surface area contributed by atoms with Gasteiger partial charge in [-0.3, -0.25) is 4.79 Å².